The van der Waals surface area contributed by atoms with Crippen LogP contribution >= 0.6 is 15.9 Å². The van der Waals surface area contributed by atoms with E-state index in [0.29, 0.717) is 31.2 Å². The third kappa shape index (κ3) is 6.07. The average Bonchev–Trinajstić information content (AvgIpc) is 2.58. The first kappa shape index (κ1) is 19.3. The van der Waals surface area contributed by atoms with Crippen molar-refractivity contribution in [1.29, 1.82) is 0 Å². The third-order valence-electron chi connectivity index (χ3n) is 3.65. The number of amides is 1. The van der Waals surface area contributed by atoms with Crippen LogP contribution in [0.2, 0.25) is 0 Å². The number of nitrogens with zero attached hydrogens (tertiary/aromatic N) is 1. The molecule has 1 amide bonds. The summed E-state index contributed by atoms with van der Waals surface area (Å²) in [6, 6.07) is 13.2. The van der Waals surface area contributed by atoms with Gasteiger partial charge in [-0.25, -0.2) is 0 Å². The average molecular weight is 407 g/mol. The molecule has 2 aromatic carbocycles. The van der Waals surface area contributed by atoms with Crippen LogP contribution in [0.3, 0.4) is 0 Å². The Morgan fingerprint density at radius 3 is 2.60 bits per heavy atom. The first-order valence-corrected chi connectivity index (χ1v) is 8.79. The summed E-state index contributed by atoms with van der Waals surface area (Å²) < 4.78 is 12.0. The highest BCUT2D eigenvalue weighted by molar-refractivity contribution is 9.10. The van der Waals surface area contributed by atoms with Crippen LogP contribution in [-0.2, 0) is 4.79 Å². The van der Waals surface area contributed by atoms with E-state index in [1.54, 1.807) is 7.11 Å². The Balaban J connectivity index is 1.76. The number of nitrogens with one attached hydrogen (secondary N) is 1. The molecule has 0 atom stereocenters. The second-order valence-corrected chi connectivity index (χ2v) is 6.60. The molecule has 0 unspecified atom stereocenters. The lowest BCUT2D eigenvalue weighted by atomic mass is 10.2. The summed E-state index contributed by atoms with van der Waals surface area (Å²) >= 11 is 3.45. The molecular formula is C19H23BrN2O3. The number of aryl methyl sites for hydroxylation is 1. The predicted octanol–water partition coefficient (Wildman–Crippen LogP) is 3.72. The van der Waals surface area contributed by atoms with Crippen molar-refractivity contribution in [3.05, 3.63) is 52.5 Å². The molecule has 0 aliphatic heterocycles. The van der Waals surface area contributed by atoms with Gasteiger partial charge in [-0.3, -0.25) is 9.69 Å². The van der Waals surface area contributed by atoms with Crippen LogP contribution in [0.25, 0.3) is 0 Å². The van der Waals surface area contributed by atoms with E-state index in [-0.39, 0.29) is 5.91 Å². The summed E-state index contributed by atoms with van der Waals surface area (Å²) in [6.45, 7) is 3.39. The lowest BCUT2D eigenvalue weighted by molar-refractivity contribution is -0.117. The van der Waals surface area contributed by atoms with Gasteiger partial charge < -0.3 is 14.8 Å². The highest BCUT2D eigenvalue weighted by Gasteiger charge is 2.09. The Morgan fingerprint density at radius 1 is 1.20 bits per heavy atom. The van der Waals surface area contributed by atoms with Crippen molar-refractivity contribution in [2.45, 2.75) is 6.92 Å². The van der Waals surface area contributed by atoms with Gasteiger partial charge in [0.25, 0.3) is 0 Å². The maximum absolute atomic E-state index is 12.1. The Morgan fingerprint density at radius 2 is 1.92 bits per heavy atom. The Hall–Kier alpha value is -2.05. The minimum Gasteiger partial charge on any atom is -0.493 e. The fraction of sp³-hybridized carbons (Fsp3) is 0.316. The number of likely N-dealkylation sites (N-methyl/N-ethyl adjacent to an activating group) is 1. The van der Waals surface area contributed by atoms with Gasteiger partial charge in [0.2, 0.25) is 5.91 Å². The number of hydrogen-bond donors (Lipinski definition) is 1. The molecule has 0 saturated heterocycles. The number of rotatable bonds is 8. The minimum atomic E-state index is -0.0542. The monoisotopic (exact) mass is 406 g/mol. The van der Waals surface area contributed by atoms with Crippen LogP contribution in [0.4, 0.5) is 5.69 Å². The largest absolute Gasteiger partial charge is 0.493 e. The van der Waals surface area contributed by atoms with E-state index in [9.17, 15) is 4.79 Å². The number of para-hydroxylation sites is 2. The number of carbonyl (C=O) groups is 1. The van der Waals surface area contributed by atoms with E-state index in [1.165, 1.54) is 0 Å². The van der Waals surface area contributed by atoms with E-state index < -0.39 is 0 Å². The number of hydrogen-bond acceptors (Lipinski definition) is 4. The van der Waals surface area contributed by atoms with Gasteiger partial charge in [0.1, 0.15) is 6.61 Å². The van der Waals surface area contributed by atoms with Crippen LogP contribution < -0.4 is 14.8 Å². The van der Waals surface area contributed by atoms with Crippen LogP contribution in [0, 0.1) is 6.92 Å². The molecule has 0 fully saturated rings. The zero-order valence-electron chi connectivity index (χ0n) is 14.7. The van der Waals surface area contributed by atoms with Crippen LogP contribution in [0.5, 0.6) is 11.5 Å². The quantitative estimate of drug-likeness (QED) is 0.725. The van der Waals surface area contributed by atoms with Crippen molar-refractivity contribution in [3.63, 3.8) is 0 Å². The zero-order valence-corrected chi connectivity index (χ0v) is 16.3. The van der Waals surface area contributed by atoms with Gasteiger partial charge in [-0.05, 0) is 49.9 Å². The molecule has 0 aliphatic rings. The molecule has 6 heteroatoms. The summed E-state index contributed by atoms with van der Waals surface area (Å²) in [5, 5.41) is 2.90. The van der Waals surface area contributed by atoms with Crippen LogP contribution in [-0.4, -0.2) is 44.7 Å². The first-order chi connectivity index (χ1) is 12.0. The zero-order chi connectivity index (χ0) is 18.2. The number of ether oxygens (including phenoxy) is 2. The number of anilines is 1. The molecule has 2 aromatic rings. The van der Waals surface area contributed by atoms with Gasteiger partial charge in [-0.15, -0.1) is 0 Å². The van der Waals surface area contributed by atoms with Crippen LogP contribution in [0.1, 0.15) is 5.56 Å². The van der Waals surface area contributed by atoms with Gasteiger partial charge in [0, 0.05) is 16.7 Å². The second-order valence-electron chi connectivity index (χ2n) is 5.75. The summed E-state index contributed by atoms with van der Waals surface area (Å²) in [5.74, 6) is 1.35. The number of methoxy groups -OCH3 is 1. The van der Waals surface area contributed by atoms with Gasteiger partial charge in [-0.1, -0.05) is 28.1 Å². The molecule has 1 N–H and O–H groups in total. The predicted molar refractivity (Wildman–Crippen MR) is 103 cm³/mol. The van der Waals surface area contributed by atoms with Crippen molar-refractivity contribution < 1.29 is 14.3 Å². The Kier molecular flexibility index (Phi) is 7.28. The van der Waals surface area contributed by atoms with Crippen molar-refractivity contribution in [2.24, 2.45) is 0 Å². The fourth-order valence-electron chi connectivity index (χ4n) is 2.30. The highest BCUT2D eigenvalue weighted by atomic mass is 79.9. The standard InChI is InChI=1S/C19H23BrN2O3/c1-14-12-15(8-9-16(14)20)21-19(23)13-22(2)10-11-25-18-7-5-4-6-17(18)24-3/h4-9,12H,10-11,13H2,1-3H3,(H,21,23). The Labute approximate surface area is 157 Å². The number of carbonyl (C=O) groups excluding carboxylic acids is 1. The third-order valence-corrected chi connectivity index (χ3v) is 4.54. The summed E-state index contributed by atoms with van der Waals surface area (Å²) in [4.78, 5) is 14.0. The topological polar surface area (TPSA) is 50.8 Å². The molecule has 2 rings (SSSR count). The summed E-state index contributed by atoms with van der Waals surface area (Å²) in [5.41, 5.74) is 1.88. The highest BCUT2D eigenvalue weighted by Crippen LogP contribution is 2.25. The lowest BCUT2D eigenvalue weighted by Gasteiger charge is -2.17. The molecule has 0 bridgehead atoms. The van der Waals surface area contributed by atoms with Crippen molar-refractivity contribution in [2.75, 3.05) is 39.2 Å². The fourth-order valence-corrected chi connectivity index (χ4v) is 2.54. The maximum Gasteiger partial charge on any atom is 0.238 e. The minimum absolute atomic E-state index is 0.0542. The van der Waals surface area contributed by atoms with E-state index in [0.717, 1.165) is 15.7 Å². The molecule has 0 saturated carbocycles. The number of benzene rings is 2. The van der Waals surface area contributed by atoms with E-state index in [1.807, 2.05) is 61.3 Å². The van der Waals surface area contributed by atoms with E-state index >= 15 is 0 Å². The van der Waals surface area contributed by atoms with Gasteiger partial charge in [-0.2, -0.15) is 0 Å². The smallest absolute Gasteiger partial charge is 0.238 e. The second kappa shape index (κ2) is 9.44. The Bertz CT molecular complexity index is 722. The number of halogens is 1. The summed E-state index contributed by atoms with van der Waals surface area (Å²) in [6.07, 6.45) is 0. The molecule has 0 aliphatic carbocycles. The SMILES string of the molecule is COc1ccccc1OCCN(C)CC(=O)Nc1ccc(Br)c(C)c1. The molecule has 0 aromatic heterocycles. The molecule has 134 valence electrons. The lowest BCUT2D eigenvalue weighted by Crippen LogP contribution is -2.33. The van der Waals surface area contributed by atoms with Gasteiger partial charge >= 0.3 is 0 Å². The molecule has 0 radical (unpaired) electrons. The molecule has 0 spiro atoms. The van der Waals surface area contributed by atoms with E-state index in [4.69, 9.17) is 9.47 Å². The van der Waals surface area contributed by atoms with Crippen molar-refractivity contribution in [3.8, 4) is 11.5 Å². The molecule has 0 heterocycles. The normalized spacial score (nSPS) is 10.6. The first-order valence-electron chi connectivity index (χ1n) is 8.00. The molecule has 25 heavy (non-hydrogen) atoms. The van der Waals surface area contributed by atoms with Crippen molar-refractivity contribution >= 4 is 27.5 Å². The molecular weight excluding hydrogens is 384 g/mol. The van der Waals surface area contributed by atoms with Gasteiger partial charge in [0.05, 0.1) is 13.7 Å². The van der Waals surface area contributed by atoms with Crippen molar-refractivity contribution in [1.82, 2.24) is 4.90 Å². The van der Waals surface area contributed by atoms with E-state index in [2.05, 4.69) is 21.2 Å². The van der Waals surface area contributed by atoms with Crippen LogP contribution in [0.15, 0.2) is 46.9 Å². The summed E-state index contributed by atoms with van der Waals surface area (Å²) in [7, 11) is 3.50. The maximum atomic E-state index is 12.1. The van der Waals surface area contributed by atoms with Gasteiger partial charge in [0.15, 0.2) is 11.5 Å². The molecule has 5 nitrogen and oxygen atoms in total.